The molecule has 1 aliphatic heterocycles. The second-order valence-electron chi connectivity index (χ2n) is 7.23. The summed E-state index contributed by atoms with van der Waals surface area (Å²) >= 11 is 0. The first-order chi connectivity index (χ1) is 13.0. The maximum absolute atomic E-state index is 13.0. The molecule has 0 bridgehead atoms. The van der Waals surface area contributed by atoms with Gasteiger partial charge < -0.3 is 14.7 Å². The van der Waals surface area contributed by atoms with E-state index in [1.807, 2.05) is 73.3 Å². The van der Waals surface area contributed by atoms with Gasteiger partial charge in [-0.2, -0.15) is 0 Å². The Balaban J connectivity index is 1.74. The number of fused-ring (bicyclic) bond motifs is 1. The zero-order valence-electron chi connectivity index (χ0n) is 15.6. The Kier molecular flexibility index (Phi) is 4.58. The fourth-order valence-corrected chi connectivity index (χ4v) is 3.90. The second kappa shape index (κ2) is 7.05. The molecule has 1 heterocycles. The van der Waals surface area contributed by atoms with E-state index >= 15 is 0 Å². The van der Waals surface area contributed by atoms with Gasteiger partial charge in [-0.15, -0.1) is 0 Å². The Hall–Kier alpha value is -2.85. The highest BCUT2D eigenvalue weighted by Crippen LogP contribution is 2.36. The zero-order chi connectivity index (χ0) is 19.0. The van der Waals surface area contributed by atoms with Gasteiger partial charge in [-0.25, -0.2) is 0 Å². The Morgan fingerprint density at radius 2 is 1.74 bits per heavy atom. The van der Waals surface area contributed by atoms with Gasteiger partial charge in [0.15, 0.2) is 0 Å². The molecule has 0 unspecified atom stereocenters. The summed E-state index contributed by atoms with van der Waals surface area (Å²) in [5, 5.41) is 12.5. The van der Waals surface area contributed by atoms with E-state index < -0.39 is 0 Å². The number of hydrogen-bond donors (Lipinski definition) is 1. The van der Waals surface area contributed by atoms with Crippen LogP contribution in [0.4, 0.5) is 0 Å². The van der Waals surface area contributed by atoms with Crippen molar-refractivity contribution in [3.63, 3.8) is 0 Å². The van der Waals surface area contributed by atoms with Gasteiger partial charge in [-0.05, 0) is 48.4 Å². The SMILES string of the molecule is C[C@@H]1CN(C(=O)c2cccc(-c3c(O)ccc4ccccc34)c2)C[C@H](C)O1. The number of amides is 1. The molecule has 1 fully saturated rings. The molecule has 4 heteroatoms. The number of carbonyl (C=O) groups excluding carboxylic acids is 1. The number of phenolic OH excluding ortho intramolecular Hbond substituents is 1. The van der Waals surface area contributed by atoms with Crippen LogP contribution in [-0.2, 0) is 4.74 Å². The van der Waals surface area contributed by atoms with E-state index in [2.05, 4.69) is 0 Å². The molecule has 3 aromatic rings. The van der Waals surface area contributed by atoms with Crippen LogP contribution in [-0.4, -0.2) is 41.2 Å². The van der Waals surface area contributed by atoms with Crippen LogP contribution in [0.5, 0.6) is 5.75 Å². The van der Waals surface area contributed by atoms with E-state index in [1.165, 1.54) is 0 Å². The van der Waals surface area contributed by atoms with Crippen LogP contribution >= 0.6 is 0 Å². The van der Waals surface area contributed by atoms with E-state index in [0.717, 1.165) is 21.9 Å². The molecule has 0 aromatic heterocycles. The van der Waals surface area contributed by atoms with Gasteiger partial charge in [-0.1, -0.05) is 42.5 Å². The fourth-order valence-electron chi connectivity index (χ4n) is 3.90. The van der Waals surface area contributed by atoms with E-state index in [-0.39, 0.29) is 23.9 Å². The molecule has 0 spiro atoms. The summed E-state index contributed by atoms with van der Waals surface area (Å²) in [5.41, 5.74) is 2.22. The molecule has 4 rings (SSSR count). The molecule has 4 nitrogen and oxygen atoms in total. The van der Waals surface area contributed by atoms with Crippen molar-refractivity contribution in [1.82, 2.24) is 4.90 Å². The van der Waals surface area contributed by atoms with E-state index in [1.54, 1.807) is 6.07 Å². The van der Waals surface area contributed by atoms with Crippen molar-refractivity contribution in [3.8, 4) is 16.9 Å². The predicted octanol–water partition coefficient (Wildman–Crippen LogP) is 4.46. The smallest absolute Gasteiger partial charge is 0.254 e. The van der Waals surface area contributed by atoms with Crippen molar-refractivity contribution >= 4 is 16.7 Å². The van der Waals surface area contributed by atoms with Gasteiger partial charge in [0.05, 0.1) is 12.2 Å². The van der Waals surface area contributed by atoms with Crippen molar-refractivity contribution in [1.29, 1.82) is 0 Å². The largest absolute Gasteiger partial charge is 0.507 e. The van der Waals surface area contributed by atoms with E-state index in [4.69, 9.17) is 4.74 Å². The minimum absolute atomic E-state index is 0.00132. The first-order valence-corrected chi connectivity index (χ1v) is 9.29. The average molecular weight is 361 g/mol. The summed E-state index contributed by atoms with van der Waals surface area (Å²) in [7, 11) is 0. The third-order valence-corrected chi connectivity index (χ3v) is 5.01. The zero-order valence-corrected chi connectivity index (χ0v) is 15.6. The van der Waals surface area contributed by atoms with Crippen LogP contribution < -0.4 is 0 Å². The van der Waals surface area contributed by atoms with Gasteiger partial charge in [0.1, 0.15) is 5.75 Å². The molecular formula is C23H23NO3. The van der Waals surface area contributed by atoms with Crippen LogP contribution in [0.3, 0.4) is 0 Å². The van der Waals surface area contributed by atoms with Crippen molar-refractivity contribution in [2.45, 2.75) is 26.1 Å². The highest BCUT2D eigenvalue weighted by Gasteiger charge is 2.26. The van der Waals surface area contributed by atoms with Gasteiger partial charge in [-0.3, -0.25) is 4.79 Å². The Morgan fingerprint density at radius 1 is 1.00 bits per heavy atom. The minimum atomic E-state index is -0.00132. The number of carbonyl (C=O) groups is 1. The van der Waals surface area contributed by atoms with Crippen LogP contribution in [0.2, 0.25) is 0 Å². The summed E-state index contributed by atoms with van der Waals surface area (Å²) in [6.45, 7) is 5.15. The Bertz CT molecular complexity index is 988. The summed E-state index contributed by atoms with van der Waals surface area (Å²) < 4.78 is 5.73. The molecule has 138 valence electrons. The predicted molar refractivity (Wildman–Crippen MR) is 107 cm³/mol. The summed E-state index contributed by atoms with van der Waals surface area (Å²) in [6, 6.07) is 19.1. The van der Waals surface area contributed by atoms with Gasteiger partial charge in [0.25, 0.3) is 5.91 Å². The van der Waals surface area contributed by atoms with Crippen LogP contribution in [0.15, 0.2) is 60.7 Å². The first kappa shape index (κ1) is 17.6. The first-order valence-electron chi connectivity index (χ1n) is 9.29. The molecule has 1 aliphatic rings. The molecule has 1 saturated heterocycles. The van der Waals surface area contributed by atoms with Crippen molar-refractivity contribution in [3.05, 3.63) is 66.2 Å². The lowest BCUT2D eigenvalue weighted by Gasteiger charge is -2.35. The van der Waals surface area contributed by atoms with Gasteiger partial charge in [0, 0.05) is 24.2 Å². The number of morpholine rings is 1. The Labute approximate surface area is 159 Å². The molecule has 1 amide bonds. The second-order valence-corrected chi connectivity index (χ2v) is 7.23. The maximum Gasteiger partial charge on any atom is 0.254 e. The fraction of sp³-hybridized carbons (Fsp3) is 0.261. The lowest BCUT2D eigenvalue weighted by Crippen LogP contribution is -2.48. The van der Waals surface area contributed by atoms with Gasteiger partial charge >= 0.3 is 0 Å². The standard InChI is InChI=1S/C23H23NO3/c1-15-13-24(14-16(2)27-15)23(26)19-8-5-7-18(12-19)22-20-9-4-3-6-17(20)10-11-21(22)25/h3-12,15-16,25H,13-14H2,1-2H3/t15-,16+. The number of nitrogens with zero attached hydrogens (tertiary/aromatic N) is 1. The normalized spacial score (nSPS) is 20.0. The molecule has 0 saturated carbocycles. The number of rotatable bonds is 2. The highest BCUT2D eigenvalue weighted by molar-refractivity contribution is 6.01. The topological polar surface area (TPSA) is 49.8 Å². The number of hydrogen-bond acceptors (Lipinski definition) is 3. The van der Waals surface area contributed by atoms with Gasteiger partial charge in [0.2, 0.25) is 0 Å². The van der Waals surface area contributed by atoms with Crippen molar-refractivity contribution in [2.24, 2.45) is 0 Å². The van der Waals surface area contributed by atoms with E-state index in [0.29, 0.717) is 18.7 Å². The third-order valence-electron chi connectivity index (χ3n) is 5.01. The van der Waals surface area contributed by atoms with Crippen molar-refractivity contribution in [2.75, 3.05) is 13.1 Å². The molecule has 27 heavy (non-hydrogen) atoms. The van der Waals surface area contributed by atoms with Crippen LogP contribution in [0, 0.1) is 0 Å². The molecule has 1 N–H and O–H groups in total. The van der Waals surface area contributed by atoms with E-state index in [9.17, 15) is 9.90 Å². The minimum Gasteiger partial charge on any atom is -0.507 e. The number of phenols is 1. The molecule has 3 aromatic carbocycles. The molecule has 2 atom stereocenters. The lowest BCUT2D eigenvalue weighted by atomic mass is 9.95. The summed E-state index contributed by atoms with van der Waals surface area (Å²) in [4.78, 5) is 14.9. The highest BCUT2D eigenvalue weighted by atomic mass is 16.5. The average Bonchev–Trinajstić information content (AvgIpc) is 2.66. The van der Waals surface area contributed by atoms with Crippen molar-refractivity contribution < 1.29 is 14.6 Å². The Morgan fingerprint density at radius 3 is 2.52 bits per heavy atom. The maximum atomic E-state index is 13.0. The quantitative estimate of drug-likeness (QED) is 0.733. The lowest BCUT2D eigenvalue weighted by molar-refractivity contribution is -0.0586. The summed E-state index contributed by atoms with van der Waals surface area (Å²) in [5.74, 6) is 0.213. The monoisotopic (exact) mass is 361 g/mol. The molecule has 0 aliphatic carbocycles. The number of ether oxygens (including phenoxy) is 1. The molecular weight excluding hydrogens is 338 g/mol. The van der Waals surface area contributed by atoms with Crippen LogP contribution in [0.25, 0.3) is 21.9 Å². The number of benzene rings is 3. The van der Waals surface area contributed by atoms with Crippen LogP contribution in [0.1, 0.15) is 24.2 Å². The summed E-state index contributed by atoms with van der Waals surface area (Å²) in [6.07, 6.45) is 0.0611. The molecule has 0 radical (unpaired) electrons. The number of aromatic hydroxyl groups is 1. The third kappa shape index (κ3) is 3.40.